The summed E-state index contributed by atoms with van der Waals surface area (Å²) in [5.74, 6) is 1.08. The molecule has 0 fully saturated rings. The van der Waals surface area contributed by atoms with Gasteiger partial charge < -0.3 is 24.8 Å². The zero-order valence-corrected chi connectivity index (χ0v) is 18.3. The first-order valence-electron chi connectivity index (χ1n) is 9.80. The van der Waals surface area contributed by atoms with E-state index in [0.29, 0.717) is 41.3 Å². The van der Waals surface area contributed by atoms with Gasteiger partial charge in [-0.05, 0) is 60.5 Å². The molecule has 0 saturated heterocycles. The van der Waals surface area contributed by atoms with Gasteiger partial charge in [-0.3, -0.25) is 0 Å². The largest absolute Gasteiger partial charge is 0.490 e. The van der Waals surface area contributed by atoms with Crippen molar-refractivity contribution in [3.8, 4) is 11.5 Å². The number of hydrogen-bond acceptors (Lipinski definition) is 4. The second kappa shape index (κ2) is 9.37. The molecular formula is C23H21Cl2N3O3. The molecule has 6 nitrogen and oxygen atoms in total. The quantitative estimate of drug-likeness (QED) is 0.314. The van der Waals surface area contributed by atoms with Crippen LogP contribution in [0.15, 0.2) is 59.4 Å². The van der Waals surface area contributed by atoms with Crippen LogP contribution in [0, 0.1) is 0 Å². The molecule has 0 amide bonds. The highest BCUT2D eigenvalue weighted by Gasteiger charge is 2.13. The molecule has 0 aliphatic heterocycles. The molecule has 1 heterocycles. The fourth-order valence-electron chi connectivity index (χ4n) is 3.26. The number of aromatic amines is 2. The van der Waals surface area contributed by atoms with E-state index in [1.807, 2.05) is 61.5 Å². The molecule has 8 heteroatoms. The molecule has 3 N–H and O–H groups in total. The third-order valence-corrected chi connectivity index (χ3v) is 5.17. The number of nitrogens with one attached hydrogen (secondary N) is 3. The second-order valence-corrected chi connectivity index (χ2v) is 7.79. The number of benzene rings is 3. The average Bonchev–Trinajstić information content (AvgIpc) is 3.11. The second-order valence-electron chi connectivity index (χ2n) is 6.95. The van der Waals surface area contributed by atoms with Gasteiger partial charge in [0.25, 0.3) is 0 Å². The van der Waals surface area contributed by atoms with Crippen LogP contribution in [0.2, 0.25) is 10.0 Å². The van der Waals surface area contributed by atoms with Crippen LogP contribution in [-0.2, 0) is 13.2 Å². The predicted octanol–water partition coefficient (Wildman–Crippen LogP) is 5.75. The molecule has 0 saturated carbocycles. The van der Waals surface area contributed by atoms with Crippen LogP contribution in [0.5, 0.6) is 11.5 Å². The first-order chi connectivity index (χ1) is 15.0. The molecule has 1 aromatic heterocycles. The lowest BCUT2D eigenvalue weighted by Gasteiger charge is -2.16. The Morgan fingerprint density at radius 2 is 1.77 bits per heavy atom. The number of aromatic nitrogens is 2. The Labute approximate surface area is 189 Å². The molecule has 0 unspecified atom stereocenters. The molecule has 3 aromatic carbocycles. The Morgan fingerprint density at radius 3 is 2.58 bits per heavy atom. The van der Waals surface area contributed by atoms with Crippen LogP contribution in [0.4, 0.5) is 5.69 Å². The van der Waals surface area contributed by atoms with E-state index in [-0.39, 0.29) is 5.69 Å². The normalized spacial score (nSPS) is 10.9. The standard InChI is InChI=1S/C23H21Cl2N3O3/c1-2-30-21-10-15(12-26-17-6-7-19-20(11-17)28-23(29)27-19)9-18(25)22(21)31-13-14-4-3-5-16(24)8-14/h3-11,26H,2,12-13H2,1H3,(H2,27,28,29). The van der Waals surface area contributed by atoms with Crippen molar-refractivity contribution in [3.63, 3.8) is 0 Å². The minimum Gasteiger partial charge on any atom is -0.490 e. The molecular weight excluding hydrogens is 437 g/mol. The smallest absolute Gasteiger partial charge is 0.323 e. The summed E-state index contributed by atoms with van der Waals surface area (Å²) in [4.78, 5) is 16.9. The van der Waals surface area contributed by atoms with Gasteiger partial charge in [0.15, 0.2) is 11.5 Å². The van der Waals surface area contributed by atoms with Gasteiger partial charge >= 0.3 is 5.69 Å². The average molecular weight is 458 g/mol. The van der Waals surface area contributed by atoms with Crippen molar-refractivity contribution < 1.29 is 9.47 Å². The summed E-state index contributed by atoms with van der Waals surface area (Å²) < 4.78 is 11.7. The van der Waals surface area contributed by atoms with Crippen molar-refractivity contribution in [1.29, 1.82) is 0 Å². The first kappa shape index (κ1) is 21.2. The lowest BCUT2D eigenvalue weighted by molar-refractivity contribution is 0.269. The predicted molar refractivity (Wildman–Crippen MR) is 125 cm³/mol. The molecule has 0 spiro atoms. The Balaban J connectivity index is 1.50. The summed E-state index contributed by atoms with van der Waals surface area (Å²) >= 11 is 12.6. The van der Waals surface area contributed by atoms with Gasteiger partial charge in [0.05, 0.1) is 22.7 Å². The van der Waals surface area contributed by atoms with E-state index in [2.05, 4.69) is 15.3 Å². The summed E-state index contributed by atoms with van der Waals surface area (Å²) in [5, 5.41) is 4.46. The summed E-state index contributed by atoms with van der Waals surface area (Å²) in [5.41, 5.74) is 4.03. The van der Waals surface area contributed by atoms with Crippen molar-refractivity contribution in [1.82, 2.24) is 9.97 Å². The minimum atomic E-state index is -0.228. The van der Waals surface area contributed by atoms with Crippen molar-refractivity contribution in [2.24, 2.45) is 0 Å². The van der Waals surface area contributed by atoms with Crippen molar-refractivity contribution in [3.05, 3.63) is 86.3 Å². The van der Waals surface area contributed by atoms with Crippen LogP contribution in [0.25, 0.3) is 11.0 Å². The zero-order valence-electron chi connectivity index (χ0n) is 16.8. The maximum absolute atomic E-state index is 11.4. The van der Waals surface area contributed by atoms with Gasteiger partial charge in [0, 0.05) is 17.3 Å². The maximum Gasteiger partial charge on any atom is 0.323 e. The minimum absolute atomic E-state index is 0.228. The van der Waals surface area contributed by atoms with Crippen LogP contribution in [-0.4, -0.2) is 16.6 Å². The van der Waals surface area contributed by atoms with Gasteiger partial charge in [0.1, 0.15) is 6.61 Å². The van der Waals surface area contributed by atoms with E-state index in [9.17, 15) is 4.79 Å². The number of halogens is 2. The van der Waals surface area contributed by atoms with Crippen LogP contribution in [0.1, 0.15) is 18.1 Å². The van der Waals surface area contributed by atoms with Crippen molar-refractivity contribution in [2.75, 3.05) is 11.9 Å². The Morgan fingerprint density at radius 1 is 0.935 bits per heavy atom. The topological polar surface area (TPSA) is 79.1 Å². The monoisotopic (exact) mass is 457 g/mol. The van der Waals surface area contributed by atoms with Gasteiger partial charge in [-0.1, -0.05) is 35.3 Å². The van der Waals surface area contributed by atoms with Crippen molar-refractivity contribution in [2.45, 2.75) is 20.1 Å². The number of ether oxygens (including phenoxy) is 2. The summed E-state index contributed by atoms with van der Waals surface area (Å²) in [6.45, 7) is 3.24. The molecule has 4 rings (SSSR count). The number of rotatable bonds is 8. The highest BCUT2D eigenvalue weighted by molar-refractivity contribution is 6.32. The van der Waals surface area contributed by atoms with E-state index in [1.165, 1.54) is 0 Å². The maximum atomic E-state index is 11.4. The fourth-order valence-corrected chi connectivity index (χ4v) is 3.76. The first-order valence-corrected chi connectivity index (χ1v) is 10.6. The summed E-state index contributed by atoms with van der Waals surface area (Å²) in [7, 11) is 0. The van der Waals surface area contributed by atoms with Crippen LogP contribution >= 0.6 is 23.2 Å². The fraction of sp³-hybridized carbons (Fsp3) is 0.174. The zero-order chi connectivity index (χ0) is 21.8. The Bertz CT molecular complexity index is 1270. The highest BCUT2D eigenvalue weighted by atomic mass is 35.5. The molecule has 4 aromatic rings. The summed E-state index contributed by atoms with van der Waals surface area (Å²) in [6, 6.07) is 16.9. The number of H-pyrrole nitrogens is 2. The SMILES string of the molecule is CCOc1cc(CNc2ccc3[nH]c(=O)[nH]c3c2)cc(Cl)c1OCc1cccc(Cl)c1. The third kappa shape index (κ3) is 5.16. The van der Waals surface area contributed by atoms with Crippen molar-refractivity contribution >= 4 is 39.9 Å². The van der Waals surface area contributed by atoms with Gasteiger partial charge in [-0.25, -0.2) is 4.79 Å². The molecule has 0 bridgehead atoms. The Kier molecular flexibility index (Phi) is 6.39. The van der Waals surface area contributed by atoms with E-state index in [1.54, 1.807) is 0 Å². The van der Waals surface area contributed by atoms with Gasteiger partial charge in [-0.15, -0.1) is 0 Å². The molecule has 0 atom stereocenters. The van der Waals surface area contributed by atoms with Gasteiger partial charge in [-0.2, -0.15) is 0 Å². The number of anilines is 1. The molecule has 160 valence electrons. The lowest BCUT2D eigenvalue weighted by Crippen LogP contribution is -2.04. The number of imidazole rings is 1. The molecule has 0 radical (unpaired) electrons. The molecule has 0 aliphatic rings. The number of hydrogen-bond donors (Lipinski definition) is 3. The Hall–Kier alpha value is -3.09. The van der Waals surface area contributed by atoms with Crippen LogP contribution in [0.3, 0.4) is 0 Å². The highest BCUT2D eigenvalue weighted by Crippen LogP contribution is 2.37. The van der Waals surface area contributed by atoms with E-state index in [4.69, 9.17) is 32.7 Å². The number of fused-ring (bicyclic) bond motifs is 1. The van der Waals surface area contributed by atoms with Crippen LogP contribution < -0.4 is 20.5 Å². The van der Waals surface area contributed by atoms with Gasteiger partial charge in [0.2, 0.25) is 0 Å². The van der Waals surface area contributed by atoms with E-state index < -0.39 is 0 Å². The molecule has 31 heavy (non-hydrogen) atoms. The lowest BCUT2D eigenvalue weighted by atomic mass is 10.2. The van der Waals surface area contributed by atoms with E-state index >= 15 is 0 Å². The third-order valence-electron chi connectivity index (χ3n) is 4.65. The van der Waals surface area contributed by atoms with E-state index in [0.717, 1.165) is 27.8 Å². The molecule has 0 aliphatic carbocycles. The summed E-state index contributed by atoms with van der Waals surface area (Å²) in [6.07, 6.45) is 0.